The van der Waals surface area contributed by atoms with Crippen LogP contribution in [0.1, 0.15) is 5.69 Å². The van der Waals surface area contributed by atoms with Crippen LogP contribution in [0.4, 0.5) is 0 Å². The van der Waals surface area contributed by atoms with E-state index in [9.17, 15) is 0 Å². The van der Waals surface area contributed by atoms with Gasteiger partial charge in [-0.2, -0.15) is 5.10 Å². The lowest BCUT2D eigenvalue weighted by atomic mass is 10.2. The molecule has 0 saturated heterocycles. The Morgan fingerprint density at radius 2 is 2.15 bits per heavy atom. The molecule has 6 heteroatoms. The van der Waals surface area contributed by atoms with Crippen molar-refractivity contribution in [2.24, 2.45) is 0 Å². The molecule has 2 aromatic heterocycles. The van der Waals surface area contributed by atoms with E-state index in [4.69, 9.17) is 4.74 Å². The summed E-state index contributed by atoms with van der Waals surface area (Å²) in [6, 6.07) is 3.16. The molecule has 0 atom stereocenters. The van der Waals surface area contributed by atoms with Gasteiger partial charge in [-0.15, -0.1) is 0 Å². The van der Waals surface area contributed by atoms with Crippen molar-refractivity contribution < 1.29 is 4.74 Å². The van der Waals surface area contributed by atoms with E-state index in [-0.39, 0.29) is 0 Å². The molecule has 0 fully saturated rings. The van der Waals surface area contributed by atoms with E-state index >= 15 is 0 Å². The monoisotopic (exact) mass is 292 g/mol. The second-order valence-corrected chi connectivity index (χ2v) is 11.8. The van der Waals surface area contributed by atoms with Gasteiger partial charge in [0.1, 0.15) is 6.73 Å². The normalized spacial score (nSPS) is 12.2. The summed E-state index contributed by atoms with van der Waals surface area (Å²) in [5, 5.41) is 8.66. The lowest BCUT2D eigenvalue weighted by molar-refractivity contribution is 0.0815. The van der Waals surface area contributed by atoms with Gasteiger partial charge < -0.3 is 10.1 Å². The van der Waals surface area contributed by atoms with E-state index in [1.165, 1.54) is 6.04 Å². The lowest BCUT2D eigenvalue weighted by Crippen LogP contribution is -2.22. The summed E-state index contributed by atoms with van der Waals surface area (Å²) in [5.41, 5.74) is 2.08. The Bertz CT molecular complexity index is 562. The Kier molecular flexibility index (Phi) is 4.90. The minimum Gasteiger partial charge on any atom is -0.360 e. The average Bonchev–Trinajstić information content (AvgIpc) is 2.78. The molecule has 0 bridgehead atoms. The highest BCUT2D eigenvalue weighted by Gasteiger charge is 2.13. The van der Waals surface area contributed by atoms with Crippen LogP contribution in [0.2, 0.25) is 25.7 Å². The zero-order valence-corrected chi connectivity index (χ0v) is 13.8. The van der Waals surface area contributed by atoms with Gasteiger partial charge in [0.25, 0.3) is 0 Å². The smallest absolute Gasteiger partial charge is 0.140 e. The van der Waals surface area contributed by atoms with Crippen LogP contribution in [-0.2, 0) is 18.0 Å². The standard InChI is InChI=1S/C14H24N4OSi/c1-15-10-13-14-12(5-6-16-13)9-17-18(14)11-19-7-8-20(2,3)4/h5-6,9,15H,7-8,10-11H2,1-4H3. The molecule has 0 unspecified atom stereocenters. The summed E-state index contributed by atoms with van der Waals surface area (Å²) in [7, 11) is 0.889. The van der Waals surface area contributed by atoms with E-state index in [2.05, 4.69) is 35.0 Å². The van der Waals surface area contributed by atoms with Crippen molar-refractivity contribution >= 4 is 19.0 Å². The molecule has 0 saturated carbocycles. The predicted octanol–water partition coefficient (Wildman–Crippen LogP) is 2.46. The van der Waals surface area contributed by atoms with Crippen LogP contribution in [0.25, 0.3) is 10.9 Å². The number of nitrogens with one attached hydrogen (secondary N) is 1. The quantitative estimate of drug-likeness (QED) is 0.629. The molecule has 2 heterocycles. The molecule has 5 nitrogen and oxygen atoms in total. The topological polar surface area (TPSA) is 52.0 Å². The second-order valence-electron chi connectivity index (χ2n) is 6.22. The van der Waals surface area contributed by atoms with Crippen molar-refractivity contribution in [3.8, 4) is 0 Å². The van der Waals surface area contributed by atoms with Gasteiger partial charge in [0.2, 0.25) is 0 Å². The number of ether oxygens (including phenoxy) is 1. The summed E-state index contributed by atoms with van der Waals surface area (Å²) in [6.45, 7) is 9.10. The SMILES string of the molecule is CNCc1nccc2cnn(COCC[Si](C)(C)C)c12. The van der Waals surface area contributed by atoms with Crippen LogP contribution in [-0.4, -0.2) is 36.5 Å². The predicted molar refractivity (Wildman–Crippen MR) is 84.4 cm³/mol. The minimum absolute atomic E-state index is 0.496. The summed E-state index contributed by atoms with van der Waals surface area (Å²) in [5.74, 6) is 0. The van der Waals surface area contributed by atoms with E-state index < -0.39 is 8.07 Å². The van der Waals surface area contributed by atoms with Gasteiger partial charge >= 0.3 is 0 Å². The van der Waals surface area contributed by atoms with Gasteiger partial charge in [-0.05, 0) is 19.2 Å². The van der Waals surface area contributed by atoms with Crippen LogP contribution in [0.5, 0.6) is 0 Å². The van der Waals surface area contributed by atoms with E-state index in [1.807, 2.05) is 30.2 Å². The van der Waals surface area contributed by atoms with Gasteiger partial charge in [-0.3, -0.25) is 4.98 Å². The average molecular weight is 292 g/mol. The molecular weight excluding hydrogens is 268 g/mol. The molecule has 0 aliphatic carbocycles. The first-order chi connectivity index (χ1) is 9.51. The minimum atomic E-state index is -1.03. The summed E-state index contributed by atoms with van der Waals surface area (Å²) in [4.78, 5) is 4.42. The summed E-state index contributed by atoms with van der Waals surface area (Å²) in [6.07, 6.45) is 3.70. The van der Waals surface area contributed by atoms with Gasteiger partial charge in [-0.1, -0.05) is 19.6 Å². The number of pyridine rings is 1. The molecule has 0 aliphatic heterocycles. The Balaban J connectivity index is 2.06. The van der Waals surface area contributed by atoms with E-state index in [0.29, 0.717) is 6.73 Å². The first-order valence-electron chi connectivity index (χ1n) is 7.03. The third kappa shape index (κ3) is 3.88. The maximum Gasteiger partial charge on any atom is 0.140 e. The highest BCUT2D eigenvalue weighted by molar-refractivity contribution is 6.76. The van der Waals surface area contributed by atoms with Crippen molar-refractivity contribution in [1.82, 2.24) is 20.1 Å². The van der Waals surface area contributed by atoms with Crippen LogP contribution in [0, 0.1) is 0 Å². The Hall–Kier alpha value is -1.24. The fourth-order valence-corrected chi connectivity index (χ4v) is 2.79. The van der Waals surface area contributed by atoms with Crippen LogP contribution in [0.15, 0.2) is 18.5 Å². The fraction of sp³-hybridized carbons (Fsp3) is 0.571. The maximum atomic E-state index is 5.78. The van der Waals surface area contributed by atoms with Gasteiger partial charge in [-0.25, -0.2) is 4.68 Å². The Morgan fingerprint density at radius 1 is 1.35 bits per heavy atom. The number of fused-ring (bicyclic) bond motifs is 1. The molecule has 20 heavy (non-hydrogen) atoms. The van der Waals surface area contributed by atoms with Crippen LogP contribution >= 0.6 is 0 Å². The second kappa shape index (κ2) is 6.47. The number of aromatic nitrogens is 3. The van der Waals surface area contributed by atoms with Crippen molar-refractivity contribution in [2.75, 3.05) is 13.7 Å². The Labute approximate surface area is 121 Å². The Morgan fingerprint density at radius 3 is 2.85 bits per heavy atom. The molecule has 1 N–H and O–H groups in total. The molecular formula is C14H24N4OSi. The molecule has 0 radical (unpaired) electrons. The van der Waals surface area contributed by atoms with Gasteiger partial charge in [0.15, 0.2) is 0 Å². The zero-order valence-electron chi connectivity index (χ0n) is 12.8. The maximum absolute atomic E-state index is 5.78. The largest absolute Gasteiger partial charge is 0.360 e. The van der Waals surface area contributed by atoms with Crippen LogP contribution < -0.4 is 5.32 Å². The molecule has 0 aromatic carbocycles. The van der Waals surface area contributed by atoms with Crippen molar-refractivity contribution in [1.29, 1.82) is 0 Å². The number of rotatable bonds is 7. The number of hydrogen-bond acceptors (Lipinski definition) is 4. The molecule has 2 rings (SSSR count). The van der Waals surface area contributed by atoms with Crippen molar-refractivity contribution in [3.63, 3.8) is 0 Å². The summed E-state index contributed by atoms with van der Waals surface area (Å²) >= 11 is 0. The zero-order chi connectivity index (χ0) is 14.6. The lowest BCUT2D eigenvalue weighted by Gasteiger charge is -2.15. The first-order valence-corrected chi connectivity index (χ1v) is 10.7. The molecule has 110 valence electrons. The third-order valence-corrected chi connectivity index (χ3v) is 4.88. The summed E-state index contributed by atoms with van der Waals surface area (Å²) < 4.78 is 7.68. The molecule has 0 spiro atoms. The number of hydrogen-bond donors (Lipinski definition) is 1. The molecule has 0 aliphatic rings. The fourth-order valence-electron chi connectivity index (χ4n) is 2.03. The van der Waals surface area contributed by atoms with Gasteiger partial charge in [0.05, 0.1) is 17.4 Å². The third-order valence-electron chi connectivity index (χ3n) is 3.18. The first kappa shape index (κ1) is 15.2. The van der Waals surface area contributed by atoms with Crippen molar-refractivity contribution in [2.45, 2.75) is 39.0 Å². The van der Waals surface area contributed by atoms with Crippen LogP contribution in [0.3, 0.4) is 0 Å². The molecule has 0 amide bonds. The van der Waals surface area contributed by atoms with Crippen molar-refractivity contribution in [3.05, 3.63) is 24.2 Å². The van der Waals surface area contributed by atoms with E-state index in [0.717, 1.165) is 29.7 Å². The highest BCUT2D eigenvalue weighted by atomic mass is 28.3. The highest BCUT2D eigenvalue weighted by Crippen LogP contribution is 2.17. The van der Waals surface area contributed by atoms with Gasteiger partial charge in [0, 0.05) is 32.8 Å². The van der Waals surface area contributed by atoms with E-state index in [1.54, 1.807) is 0 Å². The number of nitrogens with zero attached hydrogens (tertiary/aromatic N) is 3. The molecule has 2 aromatic rings.